The van der Waals surface area contributed by atoms with Gasteiger partial charge in [0.25, 0.3) is 5.56 Å². The lowest BCUT2D eigenvalue weighted by molar-refractivity contribution is 0.0575. The SMILES string of the molecule is COC(=O)c1c(-c2ccccc2)c2cc(N)ccc2c(=O)n1C(Cc1ccccc1)C1=COCO1. The molecule has 7 heteroatoms. The number of ether oxygens (including phenoxy) is 3. The number of carbonyl (C=O) groups excluding carboxylic acids is 1. The van der Waals surface area contributed by atoms with Gasteiger partial charge < -0.3 is 19.9 Å². The first kappa shape index (κ1) is 22.3. The summed E-state index contributed by atoms with van der Waals surface area (Å²) in [6.45, 7) is 0.0403. The van der Waals surface area contributed by atoms with Gasteiger partial charge in [-0.15, -0.1) is 0 Å². The smallest absolute Gasteiger partial charge is 0.355 e. The maximum Gasteiger partial charge on any atom is 0.355 e. The van der Waals surface area contributed by atoms with Crippen LogP contribution in [0.4, 0.5) is 5.69 Å². The van der Waals surface area contributed by atoms with Crippen LogP contribution in [0.2, 0.25) is 0 Å². The van der Waals surface area contributed by atoms with Crippen LogP contribution in [0.5, 0.6) is 0 Å². The Morgan fingerprint density at radius 3 is 2.40 bits per heavy atom. The number of methoxy groups -OCH3 is 1. The third kappa shape index (κ3) is 4.12. The first-order valence-electron chi connectivity index (χ1n) is 11.2. The highest BCUT2D eigenvalue weighted by atomic mass is 16.7. The van der Waals surface area contributed by atoms with Gasteiger partial charge in [-0.2, -0.15) is 0 Å². The minimum Gasteiger partial charge on any atom is -0.464 e. The van der Waals surface area contributed by atoms with Crippen molar-refractivity contribution in [1.29, 1.82) is 0 Å². The average molecular weight is 469 g/mol. The molecule has 0 bridgehead atoms. The maximum atomic E-state index is 14.0. The molecule has 0 saturated heterocycles. The molecule has 0 fully saturated rings. The van der Waals surface area contributed by atoms with Gasteiger partial charge in [-0.05, 0) is 34.7 Å². The van der Waals surface area contributed by atoms with Crippen molar-refractivity contribution in [2.24, 2.45) is 0 Å². The number of allylic oxidation sites excluding steroid dienone is 1. The Bertz CT molecular complexity index is 1480. The van der Waals surface area contributed by atoms with E-state index in [1.54, 1.807) is 18.2 Å². The van der Waals surface area contributed by atoms with E-state index in [0.29, 0.717) is 34.2 Å². The number of esters is 1. The van der Waals surface area contributed by atoms with Crippen molar-refractivity contribution >= 4 is 22.4 Å². The van der Waals surface area contributed by atoms with E-state index in [9.17, 15) is 9.59 Å². The quantitative estimate of drug-likeness (QED) is 0.327. The first-order chi connectivity index (χ1) is 17.1. The van der Waals surface area contributed by atoms with Crippen LogP contribution >= 0.6 is 0 Å². The molecule has 2 heterocycles. The highest BCUT2D eigenvalue weighted by molar-refractivity contribution is 6.07. The molecular weight excluding hydrogens is 444 g/mol. The van der Waals surface area contributed by atoms with E-state index >= 15 is 0 Å². The molecule has 0 saturated carbocycles. The summed E-state index contributed by atoms with van der Waals surface area (Å²) in [6.07, 6.45) is 1.89. The molecule has 1 unspecified atom stereocenters. The lowest BCUT2D eigenvalue weighted by atomic mass is 9.94. The van der Waals surface area contributed by atoms with Crippen LogP contribution in [0.15, 0.2) is 95.7 Å². The average Bonchev–Trinajstić information content (AvgIpc) is 3.43. The number of aromatic nitrogens is 1. The Hall–Kier alpha value is -4.52. The highest BCUT2D eigenvalue weighted by Crippen LogP contribution is 2.36. The number of hydrogen-bond donors (Lipinski definition) is 1. The van der Waals surface area contributed by atoms with Crippen molar-refractivity contribution in [3.63, 3.8) is 0 Å². The van der Waals surface area contributed by atoms with E-state index < -0.39 is 12.0 Å². The van der Waals surface area contributed by atoms with Crippen molar-refractivity contribution in [3.05, 3.63) is 112 Å². The lowest BCUT2D eigenvalue weighted by Crippen LogP contribution is -2.33. The van der Waals surface area contributed by atoms with E-state index in [2.05, 4.69) is 0 Å². The molecule has 0 spiro atoms. The number of pyridine rings is 1. The van der Waals surface area contributed by atoms with Crippen LogP contribution in [-0.2, 0) is 20.6 Å². The lowest BCUT2D eigenvalue weighted by Gasteiger charge is -2.25. The van der Waals surface area contributed by atoms with Crippen molar-refractivity contribution in [2.45, 2.75) is 12.5 Å². The van der Waals surface area contributed by atoms with Crippen LogP contribution < -0.4 is 11.3 Å². The van der Waals surface area contributed by atoms with Crippen LogP contribution in [-0.4, -0.2) is 24.4 Å². The number of benzene rings is 3. The van der Waals surface area contributed by atoms with Gasteiger partial charge in [0.1, 0.15) is 18.0 Å². The fourth-order valence-electron chi connectivity index (χ4n) is 4.51. The third-order valence-corrected chi connectivity index (χ3v) is 6.09. The molecule has 35 heavy (non-hydrogen) atoms. The van der Waals surface area contributed by atoms with Gasteiger partial charge in [-0.3, -0.25) is 9.36 Å². The summed E-state index contributed by atoms with van der Waals surface area (Å²) in [5.74, 6) is -0.183. The molecule has 4 aromatic rings. The molecule has 2 N–H and O–H groups in total. The molecule has 1 aromatic heterocycles. The van der Waals surface area contributed by atoms with Gasteiger partial charge >= 0.3 is 5.97 Å². The molecule has 1 aliphatic heterocycles. The molecule has 0 radical (unpaired) electrons. The third-order valence-electron chi connectivity index (χ3n) is 6.09. The monoisotopic (exact) mass is 468 g/mol. The summed E-state index contributed by atoms with van der Waals surface area (Å²) >= 11 is 0. The van der Waals surface area contributed by atoms with E-state index in [-0.39, 0.29) is 18.0 Å². The van der Waals surface area contributed by atoms with Gasteiger partial charge in [0, 0.05) is 23.1 Å². The zero-order valence-corrected chi connectivity index (χ0v) is 19.1. The van der Waals surface area contributed by atoms with Crippen molar-refractivity contribution in [2.75, 3.05) is 19.6 Å². The first-order valence-corrected chi connectivity index (χ1v) is 11.2. The van der Waals surface area contributed by atoms with Crippen molar-refractivity contribution in [1.82, 2.24) is 4.57 Å². The summed E-state index contributed by atoms with van der Waals surface area (Å²) in [6, 6.07) is 23.6. The Labute approximate surface area is 202 Å². The van der Waals surface area contributed by atoms with Gasteiger partial charge in [-0.25, -0.2) is 4.79 Å². The molecule has 1 atom stereocenters. The molecule has 0 amide bonds. The van der Waals surface area contributed by atoms with E-state index in [0.717, 1.165) is 11.1 Å². The highest BCUT2D eigenvalue weighted by Gasteiger charge is 2.32. The van der Waals surface area contributed by atoms with Crippen molar-refractivity contribution in [3.8, 4) is 11.1 Å². The normalized spacial score (nSPS) is 13.6. The van der Waals surface area contributed by atoms with Gasteiger partial charge in [0.2, 0.25) is 6.79 Å². The number of nitrogens with two attached hydrogens (primary N) is 1. The van der Waals surface area contributed by atoms with Crippen molar-refractivity contribution < 1.29 is 19.0 Å². The Kier molecular flexibility index (Phi) is 5.97. The molecule has 0 aliphatic carbocycles. The molecule has 176 valence electrons. The minimum atomic E-state index is -0.647. The summed E-state index contributed by atoms with van der Waals surface area (Å²) in [5.41, 5.74) is 8.66. The van der Waals surface area contributed by atoms with E-state index in [1.807, 2.05) is 60.7 Å². The predicted molar refractivity (Wildman–Crippen MR) is 134 cm³/mol. The van der Waals surface area contributed by atoms with Crippen LogP contribution in [0, 0.1) is 0 Å². The molecule has 7 nitrogen and oxygen atoms in total. The second-order valence-corrected chi connectivity index (χ2v) is 8.22. The van der Waals surface area contributed by atoms with E-state index in [4.69, 9.17) is 19.9 Å². The Balaban J connectivity index is 1.89. The minimum absolute atomic E-state index is 0.0403. The number of rotatable bonds is 6. The molecule has 3 aromatic carbocycles. The number of nitrogens with zero attached hydrogens (tertiary/aromatic N) is 1. The second kappa shape index (κ2) is 9.38. The second-order valence-electron chi connectivity index (χ2n) is 8.22. The molecule has 5 rings (SSSR count). The topological polar surface area (TPSA) is 92.8 Å². The predicted octanol–water partition coefficient (Wildman–Crippen LogP) is 4.67. The summed E-state index contributed by atoms with van der Waals surface area (Å²) in [5, 5.41) is 1.01. The van der Waals surface area contributed by atoms with Gasteiger partial charge in [0.15, 0.2) is 5.76 Å². The van der Waals surface area contributed by atoms with Gasteiger partial charge in [0.05, 0.1) is 7.11 Å². The Morgan fingerprint density at radius 2 is 1.74 bits per heavy atom. The Morgan fingerprint density at radius 1 is 1.03 bits per heavy atom. The maximum absolute atomic E-state index is 14.0. The molecule has 1 aliphatic rings. The number of fused-ring (bicyclic) bond motifs is 1. The summed E-state index contributed by atoms with van der Waals surface area (Å²) < 4.78 is 17.8. The largest absolute Gasteiger partial charge is 0.464 e. The number of hydrogen-bond acceptors (Lipinski definition) is 6. The number of carbonyl (C=O) groups is 1. The number of anilines is 1. The summed E-state index contributed by atoms with van der Waals surface area (Å²) in [7, 11) is 1.30. The van der Waals surface area contributed by atoms with Gasteiger partial charge in [-0.1, -0.05) is 60.7 Å². The van der Waals surface area contributed by atoms with E-state index in [1.165, 1.54) is 17.9 Å². The van der Waals surface area contributed by atoms with Crippen LogP contribution in [0.3, 0.4) is 0 Å². The fourth-order valence-corrected chi connectivity index (χ4v) is 4.51. The fraction of sp³-hybridized carbons (Fsp3) is 0.143. The van der Waals surface area contributed by atoms with Crippen LogP contribution in [0.1, 0.15) is 22.1 Å². The molecular formula is C28H24N2O5. The zero-order chi connectivity index (χ0) is 24.4. The van der Waals surface area contributed by atoms with Crippen LogP contribution in [0.25, 0.3) is 21.9 Å². The summed E-state index contributed by atoms with van der Waals surface area (Å²) in [4.78, 5) is 27.4. The zero-order valence-electron chi connectivity index (χ0n) is 19.1. The number of nitrogen functional groups attached to an aromatic ring is 1. The standard InChI is InChI=1S/C28H24N2O5/c1-33-28(32)26-25(19-10-6-3-7-11-19)22-15-20(29)12-13-21(22)27(31)30(26)23(24-16-34-17-35-24)14-18-8-4-2-5-9-18/h2-13,15-16,23H,14,17,29H2,1H3.